The van der Waals surface area contributed by atoms with E-state index in [2.05, 4.69) is 26.7 Å². The Balaban J connectivity index is 1.19. The Bertz CT molecular complexity index is 1630. The van der Waals surface area contributed by atoms with Crippen LogP contribution in [0.25, 0.3) is 10.9 Å². The molecule has 0 atom stereocenters. The number of anilines is 2. The van der Waals surface area contributed by atoms with Gasteiger partial charge in [0.25, 0.3) is 0 Å². The molecular formula is C34H37N5O3. The van der Waals surface area contributed by atoms with Crippen LogP contribution in [0.3, 0.4) is 0 Å². The lowest BCUT2D eigenvalue weighted by Crippen LogP contribution is -2.46. The van der Waals surface area contributed by atoms with Crippen molar-refractivity contribution in [3.05, 3.63) is 77.2 Å². The van der Waals surface area contributed by atoms with Crippen LogP contribution in [-0.2, 0) is 6.61 Å². The second-order valence-corrected chi connectivity index (χ2v) is 11.7. The number of nitrogens with one attached hydrogen (secondary N) is 2. The minimum absolute atomic E-state index is 0.399. The molecule has 1 spiro atoms. The van der Waals surface area contributed by atoms with E-state index in [9.17, 15) is 5.26 Å². The first-order chi connectivity index (χ1) is 20.5. The van der Waals surface area contributed by atoms with Gasteiger partial charge in [-0.25, -0.2) is 0 Å². The van der Waals surface area contributed by atoms with Crippen molar-refractivity contribution in [3.63, 3.8) is 0 Å². The molecule has 0 amide bonds. The predicted molar refractivity (Wildman–Crippen MR) is 164 cm³/mol. The minimum Gasteiger partial charge on any atom is -0.493 e. The van der Waals surface area contributed by atoms with Crippen molar-refractivity contribution in [3.8, 4) is 23.3 Å². The van der Waals surface area contributed by atoms with Gasteiger partial charge in [-0.15, -0.1) is 0 Å². The highest BCUT2D eigenvalue weighted by Gasteiger charge is 2.44. The van der Waals surface area contributed by atoms with Gasteiger partial charge in [-0.2, -0.15) is 5.26 Å². The van der Waals surface area contributed by atoms with E-state index in [1.54, 1.807) is 19.5 Å². The highest BCUT2D eigenvalue weighted by atomic mass is 16.5. The molecule has 0 unspecified atom stereocenters. The number of aryl methyl sites for hydroxylation is 2. The Morgan fingerprint density at radius 2 is 1.86 bits per heavy atom. The Morgan fingerprint density at radius 1 is 1.02 bits per heavy atom. The van der Waals surface area contributed by atoms with E-state index < -0.39 is 0 Å². The second kappa shape index (κ2) is 11.9. The molecule has 2 N–H and O–H groups in total. The van der Waals surface area contributed by atoms with Gasteiger partial charge in [0.15, 0.2) is 11.5 Å². The molecule has 2 aliphatic rings. The van der Waals surface area contributed by atoms with Gasteiger partial charge in [-0.1, -0.05) is 6.07 Å². The van der Waals surface area contributed by atoms with Crippen LogP contribution in [0.15, 0.2) is 54.9 Å². The van der Waals surface area contributed by atoms with E-state index in [-0.39, 0.29) is 0 Å². The lowest BCUT2D eigenvalue weighted by Gasteiger charge is -2.50. The summed E-state index contributed by atoms with van der Waals surface area (Å²) in [5.41, 5.74) is 6.25. The van der Waals surface area contributed by atoms with Gasteiger partial charge < -0.3 is 24.8 Å². The van der Waals surface area contributed by atoms with Crippen LogP contribution in [0.5, 0.6) is 17.2 Å². The number of fused-ring (bicyclic) bond motifs is 1. The SMILES string of the molecule is COc1cc2c(Nc3ccc(OCc4ncccc4C)cc3C)c(C#N)cnc2cc1OCC1CC2(CCNCC2)C1. The summed E-state index contributed by atoms with van der Waals surface area (Å²) >= 11 is 0. The average molecular weight is 564 g/mol. The summed E-state index contributed by atoms with van der Waals surface area (Å²) in [4.78, 5) is 8.99. The van der Waals surface area contributed by atoms with Crippen LogP contribution < -0.4 is 24.8 Å². The number of rotatable bonds is 9. The van der Waals surface area contributed by atoms with Crippen LogP contribution >= 0.6 is 0 Å². The van der Waals surface area contributed by atoms with Crippen molar-refractivity contribution in [1.82, 2.24) is 15.3 Å². The highest BCUT2D eigenvalue weighted by molar-refractivity contribution is 5.97. The summed E-state index contributed by atoms with van der Waals surface area (Å²) in [6.07, 6.45) is 8.38. The monoisotopic (exact) mass is 563 g/mol. The summed E-state index contributed by atoms with van der Waals surface area (Å²) in [6.45, 7) is 7.36. The molecule has 216 valence electrons. The Hall–Kier alpha value is -4.35. The smallest absolute Gasteiger partial charge is 0.163 e. The number of nitriles is 1. The molecule has 1 saturated carbocycles. The van der Waals surface area contributed by atoms with Gasteiger partial charge in [0.1, 0.15) is 18.4 Å². The molecule has 42 heavy (non-hydrogen) atoms. The third-order valence-corrected chi connectivity index (χ3v) is 8.81. The number of aromatic nitrogens is 2. The number of hydrogen-bond acceptors (Lipinski definition) is 8. The molecule has 0 bridgehead atoms. The van der Waals surface area contributed by atoms with E-state index in [0.29, 0.717) is 47.3 Å². The number of nitrogens with zero attached hydrogens (tertiary/aromatic N) is 3. The molecule has 2 aromatic carbocycles. The largest absolute Gasteiger partial charge is 0.493 e. The average Bonchev–Trinajstić information content (AvgIpc) is 2.99. The summed E-state index contributed by atoms with van der Waals surface area (Å²) in [5.74, 6) is 2.63. The number of pyridine rings is 2. The summed E-state index contributed by atoms with van der Waals surface area (Å²) in [7, 11) is 1.64. The Kier molecular flexibility index (Phi) is 7.86. The van der Waals surface area contributed by atoms with Gasteiger partial charge in [0.05, 0.1) is 36.2 Å². The molecule has 1 aliphatic heterocycles. The van der Waals surface area contributed by atoms with Gasteiger partial charge >= 0.3 is 0 Å². The summed E-state index contributed by atoms with van der Waals surface area (Å²) < 4.78 is 18.1. The standard InChI is InChI=1S/C34H37N5O3/c1-22-5-4-10-37-30(22)21-41-26-6-7-28(23(2)13-26)39-33-25(18-35)19-38-29-15-32(31(40-3)14-27(29)33)42-20-24-16-34(17-24)8-11-36-12-9-34/h4-7,10,13-15,19,24,36H,8-9,11-12,16-17,20-21H2,1-3H3,(H,38,39). The van der Waals surface area contributed by atoms with E-state index in [1.807, 2.05) is 56.3 Å². The fourth-order valence-electron chi connectivity index (χ4n) is 6.37. The first kappa shape index (κ1) is 27.8. The molecule has 1 aliphatic carbocycles. The molecular weight excluding hydrogens is 526 g/mol. The van der Waals surface area contributed by atoms with E-state index >= 15 is 0 Å². The summed E-state index contributed by atoms with van der Waals surface area (Å²) in [6, 6.07) is 15.9. The maximum atomic E-state index is 9.92. The van der Waals surface area contributed by atoms with Crippen molar-refractivity contribution in [1.29, 1.82) is 5.26 Å². The van der Waals surface area contributed by atoms with E-state index in [0.717, 1.165) is 52.3 Å². The third kappa shape index (κ3) is 5.70. The molecule has 4 aromatic rings. The van der Waals surface area contributed by atoms with Crippen LogP contribution in [0.2, 0.25) is 0 Å². The zero-order valence-electron chi connectivity index (χ0n) is 24.5. The molecule has 1 saturated heterocycles. The molecule has 2 fully saturated rings. The van der Waals surface area contributed by atoms with E-state index in [4.69, 9.17) is 14.2 Å². The second-order valence-electron chi connectivity index (χ2n) is 11.7. The van der Waals surface area contributed by atoms with Crippen LogP contribution in [0.4, 0.5) is 11.4 Å². The fraction of sp³-hybridized carbons (Fsp3) is 0.382. The van der Waals surface area contributed by atoms with Crippen LogP contribution in [0.1, 0.15) is 48.1 Å². The third-order valence-electron chi connectivity index (χ3n) is 8.81. The molecule has 6 rings (SSSR count). The summed E-state index contributed by atoms with van der Waals surface area (Å²) in [5, 5.41) is 17.7. The van der Waals surface area contributed by atoms with Gasteiger partial charge in [0, 0.05) is 29.5 Å². The fourth-order valence-corrected chi connectivity index (χ4v) is 6.37. The predicted octanol–water partition coefficient (Wildman–Crippen LogP) is 6.61. The van der Waals surface area contributed by atoms with Gasteiger partial charge in [0.2, 0.25) is 0 Å². The molecule has 2 aromatic heterocycles. The van der Waals surface area contributed by atoms with Crippen molar-refractivity contribution in [2.24, 2.45) is 11.3 Å². The maximum Gasteiger partial charge on any atom is 0.163 e. The topological polar surface area (TPSA) is 101 Å². The van der Waals surface area contributed by atoms with Crippen molar-refractivity contribution in [2.75, 3.05) is 32.1 Å². The first-order valence-electron chi connectivity index (χ1n) is 14.6. The quantitative estimate of drug-likeness (QED) is 0.235. The Labute approximate surface area is 247 Å². The Morgan fingerprint density at radius 3 is 2.60 bits per heavy atom. The molecule has 3 heterocycles. The lowest BCUT2D eigenvalue weighted by atomic mass is 9.58. The lowest BCUT2D eigenvalue weighted by molar-refractivity contribution is -0.00241. The number of benzene rings is 2. The zero-order valence-corrected chi connectivity index (χ0v) is 24.5. The van der Waals surface area contributed by atoms with Crippen LogP contribution in [0, 0.1) is 36.5 Å². The first-order valence-corrected chi connectivity index (χ1v) is 14.6. The molecule has 8 nitrogen and oxygen atoms in total. The maximum absolute atomic E-state index is 9.92. The normalized spacial score (nSPS) is 16.0. The minimum atomic E-state index is 0.399. The highest BCUT2D eigenvalue weighted by Crippen LogP contribution is 2.51. The van der Waals surface area contributed by atoms with Gasteiger partial charge in [-0.3, -0.25) is 9.97 Å². The van der Waals surface area contributed by atoms with Crippen molar-refractivity contribution >= 4 is 22.3 Å². The van der Waals surface area contributed by atoms with Crippen LogP contribution in [-0.4, -0.2) is 36.8 Å². The van der Waals surface area contributed by atoms with Gasteiger partial charge in [-0.05, 0) is 105 Å². The number of ether oxygens (including phenoxy) is 3. The molecule has 0 radical (unpaired) electrons. The van der Waals surface area contributed by atoms with Crippen molar-refractivity contribution in [2.45, 2.75) is 46.1 Å². The molecule has 8 heteroatoms. The number of hydrogen-bond donors (Lipinski definition) is 2. The van der Waals surface area contributed by atoms with Crippen molar-refractivity contribution < 1.29 is 14.2 Å². The number of piperidine rings is 1. The zero-order chi connectivity index (χ0) is 29.1. The number of methoxy groups -OCH3 is 1. The van der Waals surface area contributed by atoms with E-state index in [1.165, 1.54) is 25.7 Å².